The summed E-state index contributed by atoms with van der Waals surface area (Å²) in [6.45, 7) is 6.71. The molecule has 0 radical (unpaired) electrons. The van der Waals surface area contributed by atoms with Gasteiger partial charge in [0.05, 0.1) is 0 Å². The molecule has 0 aliphatic heterocycles. The number of carboxylic acid groups (broad SMARTS) is 1. The fraction of sp³-hybridized carbons (Fsp3) is 0.941. The van der Waals surface area contributed by atoms with Crippen LogP contribution in [-0.4, -0.2) is 47.2 Å². The molecule has 0 heterocycles. The molecule has 0 aromatic rings. The first kappa shape index (κ1) is 16.8. The molecule has 2 aliphatic rings. The van der Waals surface area contributed by atoms with Gasteiger partial charge in [0.15, 0.2) is 0 Å². The summed E-state index contributed by atoms with van der Waals surface area (Å²) in [5, 5.41) is 13.3. The maximum atomic E-state index is 12.1. The van der Waals surface area contributed by atoms with Crippen molar-refractivity contribution in [3.05, 3.63) is 0 Å². The first-order valence-corrected chi connectivity index (χ1v) is 8.86. The first-order chi connectivity index (χ1) is 10.1. The highest BCUT2D eigenvalue weighted by atomic mass is 16.4. The normalized spacial score (nSPS) is 23.2. The lowest BCUT2D eigenvalue weighted by Crippen LogP contribution is -2.62. The minimum Gasteiger partial charge on any atom is -0.480 e. The van der Waals surface area contributed by atoms with Gasteiger partial charge in [-0.2, -0.15) is 0 Å². The summed E-state index contributed by atoms with van der Waals surface area (Å²) in [5.41, 5.74) is -0.719. The largest absolute Gasteiger partial charge is 0.480 e. The maximum Gasteiger partial charge on any atom is 0.325 e. The Morgan fingerprint density at radius 2 is 1.86 bits per heavy atom. The van der Waals surface area contributed by atoms with Crippen molar-refractivity contribution in [1.29, 1.82) is 0 Å². The predicted octanol–water partition coefficient (Wildman–Crippen LogP) is 2.87. The van der Waals surface area contributed by atoms with Crippen molar-refractivity contribution >= 4 is 5.97 Å². The second-order valence-electron chi connectivity index (χ2n) is 6.83. The van der Waals surface area contributed by atoms with Crippen LogP contribution in [0.15, 0.2) is 0 Å². The van der Waals surface area contributed by atoms with Crippen LogP contribution in [0.4, 0.5) is 0 Å². The zero-order valence-electron chi connectivity index (χ0n) is 13.7. The Hall–Kier alpha value is -0.610. The zero-order chi connectivity index (χ0) is 15.3. The van der Waals surface area contributed by atoms with Crippen molar-refractivity contribution in [1.82, 2.24) is 10.2 Å². The van der Waals surface area contributed by atoms with Crippen LogP contribution in [0.3, 0.4) is 0 Å². The molecule has 2 saturated carbocycles. The zero-order valence-corrected chi connectivity index (χ0v) is 13.7. The fourth-order valence-electron chi connectivity index (χ4n) is 3.84. The Morgan fingerprint density at radius 1 is 1.19 bits per heavy atom. The summed E-state index contributed by atoms with van der Waals surface area (Å²) in [6, 6.07) is 0.588. The van der Waals surface area contributed by atoms with E-state index >= 15 is 0 Å². The summed E-state index contributed by atoms with van der Waals surface area (Å²) in [7, 11) is 0. The Kier molecular flexibility index (Phi) is 6.06. The number of carboxylic acids is 1. The van der Waals surface area contributed by atoms with Gasteiger partial charge >= 0.3 is 5.97 Å². The van der Waals surface area contributed by atoms with Crippen molar-refractivity contribution in [3.63, 3.8) is 0 Å². The van der Waals surface area contributed by atoms with E-state index in [1.165, 1.54) is 32.1 Å². The van der Waals surface area contributed by atoms with E-state index < -0.39 is 11.5 Å². The highest BCUT2D eigenvalue weighted by Gasteiger charge is 2.52. The van der Waals surface area contributed by atoms with Gasteiger partial charge in [0.2, 0.25) is 0 Å². The molecule has 0 aromatic heterocycles. The molecule has 0 aromatic carbocycles. The quantitative estimate of drug-likeness (QED) is 0.687. The highest BCUT2D eigenvalue weighted by molar-refractivity contribution is 5.80. The second-order valence-corrected chi connectivity index (χ2v) is 6.83. The lowest BCUT2D eigenvalue weighted by Gasteiger charge is -2.41. The molecule has 21 heavy (non-hydrogen) atoms. The molecule has 2 fully saturated rings. The fourth-order valence-corrected chi connectivity index (χ4v) is 3.84. The van der Waals surface area contributed by atoms with Crippen LogP contribution in [0.25, 0.3) is 0 Å². The molecule has 0 bridgehead atoms. The molecular formula is C17H32N2O2. The number of nitrogens with zero attached hydrogens (tertiary/aromatic N) is 1. The van der Waals surface area contributed by atoms with Crippen molar-refractivity contribution in [2.75, 3.05) is 19.6 Å². The van der Waals surface area contributed by atoms with Crippen molar-refractivity contribution in [2.24, 2.45) is 5.92 Å². The number of carbonyl (C=O) groups is 1. The predicted molar refractivity (Wildman–Crippen MR) is 85.5 cm³/mol. The van der Waals surface area contributed by atoms with Crippen LogP contribution in [-0.2, 0) is 4.79 Å². The minimum atomic E-state index is -0.719. The Balaban J connectivity index is 2.09. The van der Waals surface area contributed by atoms with Crippen LogP contribution in [0, 0.1) is 5.92 Å². The first-order valence-electron chi connectivity index (χ1n) is 8.86. The SMILES string of the molecule is CCCNC(CN(CC)C1CCCCC1)(C(=O)O)C1CC1. The Labute approximate surface area is 129 Å². The van der Waals surface area contributed by atoms with Crippen LogP contribution in [0.2, 0.25) is 0 Å². The maximum absolute atomic E-state index is 12.1. The summed E-state index contributed by atoms with van der Waals surface area (Å²) < 4.78 is 0. The third kappa shape index (κ3) is 3.98. The van der Waals surface area contributed by atoms with Gasteiger partial charge < -0.3 is 10.4 Å². The van der Waals surface area contributed by atoms with E-state index in [9.17, 15) is 9.90 Å². The van der Waals surface area contributed by atoms with Crippen molar-refractivity contribution in [2.45, 2.75) is 76.8 Å². The standard InChI is InChI=1S/C17H32N2O2/c1-3-12-18-17(16(20)21,14-10-11-14)13-19(4-2)15-8-6-5-7-9-15/h14-15,18H,3-13H2,1-2H3,(H,20,21). The monoisotopic (exact) mass is 296 g/mol. The van der Waals surface area contributed by atoms with E-state index in [0.717, 1.165) is 32.4 Å². The molecule has 4 heteroatoms. The molecule has 1 atom stereocenters. The topological polar surface area (TPSA) is 52.6 Å². The molecule has 2 N–H and O–H groups in total. The van der Waals surface area contributed by atoms with Crippen LogP contribution in [0.1, 0.15) is 65.2 Å². The minimum absolute atomic E-state index is 0.319. The second kappa shape index (κ2) is 7.59. The van der Waals surface area contributed by atoms with E-state index in [1.54, 1.807) is 0 Å². The van der Waals surface area contributed by atoms with Crippen LogP contribution >= 0.6 is 0 Å². The third-order valence-electron chi connectivity index (χ3n) is 5.30. The van der Waals surface area contributed by atoms with Crippen molar-refractivity contribution < 1.29 is 9.90 Å². The Bertz CT molecular complexity index is 338. The summed E-state index contributed by atoms with van der Waals surface area (Å²) in [4.78, 5) is 14.5. The van der Waals surface area contributed by atoms with E-state index in [0.29, 0.717) is 18.5 Å². The summed E-state index contributed by atoms with van der Waals surface area (Å²) in [6.07, 6.45) is 9.52. The average molecular weight is 296 g/mol. The Morgan fingerprint density at radius 3 is 2.33 bits per heavy atom. The third-order valence-corrected chi connectivity index (χ3v) is 5.30. The number of nitrogens with one attached hydrogen (secondary N) is 1. The van der Waals surface area contributed by atoms with E-state index in [4.69, 9.17) is 0 Å². The van der Waals surface area contributed by atoms with E-state index in [-0.39, 0.29) is 0 Å². The molecule has 2 aliphatic carbocycles. The summed E-state index contributed by atoms with van der Waals surface area (Å²) in [5.74, 6) is -0.327. The molecule has 4 nitrogen and oxygen atoms in total. The lowest BCUT2D eigenvalue weighted by atomic mass is 9.88. The lowest BCUT2D eigenvalue weighted by molar-refractivity contribution is -0.147. The molecule has 0 spiro atoms. The number of hydrogen-bond acceptors (Lipinski definition) is 3. The van der Waals surface area contributed by atoms with Crippen LogP contribution in [0.5, 0.6) is 0 Å². The molecule has 1 unspecified atom stereocenters. The molecule has 0 amide bonds. The van der Waals surface area contributed by atoms with Gasteiger partial charge in [-0.15, -0.1) is 0 Å². The van der Waals surface area contributed by atoms with E-state index in [2.05, 4.69) is 24.1 Å². The van der Waals surface area contributed by atoms with Crippen LogP contribution < -0.4 is 5.32 Å². The van der Waals surface area contributed by atoms with Gasteiger partial charge in [-0.05, 0) is 51.1 Å². The number of likely N-dealkylation sites (N-methyl/N-ethyl adjacent to an activating group) is 1. The number of rotatable bonds is 9. The molecule has 2 rings (SSSR count). The molecular weight excluding hydrogens is 264 g/mol. The van der Waals surface area contributed by atoms with Gasteiger partial charge in [-0.25, -0.2) is 0 Å². The molecule has 0 saturated heterocycles. The number of aliphatic carboxylic acids is 1. The van der Waals surface area contributed by atoms with Gasteiger partial charge in [-0.3, -0.25) is 9.69 Å². The van der Waals surface area contributed by atoms with Gasteiger partial charge in [-0.1, -0.05) is 33.1 Å². The highest BCUT2D eigenvalue weighted by Crippen LogP contribution is 2.41. The van der Waals surface area contributed by atoms with Crippen molar-refractivity contribution in [3.8, 4) is 0 Å². The van der Waals surface area contributed by atoms with Gasteiger partial charge in [0.1, 0.15) is 5.54 Å². The van der Waals surface area contributed by atoms with Gasteiger partial charge in [0, 0.05) is 12.6 Å². The molecule has 122 valence electrons. The summed E-state index contributed by atoms with van der Waals surface area (Å²) >= 11 is 0. The van der Waals surface area contributed by atoms with Gasteiger partial charge in [0.25, 0.3) is 0 Å². The smallest absolute Gasteiger partial charge is 0.325 e. The average Bonchev–Trinajstić information content (AvgIpc) is 3.33. The number of hydrogen-bond donors (Lipinski definition) is 2. The van der Waals surface area contributed by atoms with E-state index in [1.807, 2.05) is 0 Å².